The van der Waals surface area contributed by atoms with Gasteiger partial charge in [0.05, 0.1) is 26.4 Å². The quantitative estimate of drug-likeness (QED) is 0.269. The molecule has 0 amide bonds. The zero-order valence-electron chi connectivity index (χ0n) is 15.1. The molecule has 0 bridgehead atoms. The van der Waals surface area contributed by atoms with Gasteiger partial charge in [0.15, 0.2) is 5.40 Å². The Morgan fingerprint density at radius 1 is 0.880 bits per heavy atom. The predicted octanol–water partition coefficient (Wildman–Crippen LogP) is 5.69. The van der Waals surface area contributed by atoms with E-state index in [4.69, 9.17) is 18.1 Å². The van der Waals surface area contributed by atoms with Crippen LogP contribution in [0.5, 0.6) is 0 Å². The van der Waals surface area contributed by atoms with E-state index in [2.05, 4.69) is 22.6 Å². The van der Waals surface area contributed by atoms with Crippen molar-refractivity contribution >= 4 is 37.8 Å². The van der Waals surface area contributed by atoms with Gasteiger partial charge in [-0.25, -0.2) is 0 Å². The number of halogens is 1. The van der Waals surface area contributed by atoms with Crippen LogP contribution in [-0.4, -0.2) is 31.8 Å². The van der Waals surface area contributed by atoms with Crippen LogP contribution >= 0.6 is 37.8 Å². The van der Waals surface area contributed by atoms with E-state index in [0.717, 1.165) is 9.13 Å². The van der Waals surface area contributed by atoms with E-state index in [1.807, 2.05) is 24.3 Å². The fourth-order valence-electron chi connectivity index (χ4n) is 2.41. The second kappa shape index (κ2) is 11.2. The normalized spacial score (nSPS) is 12.7. The molecule has 0 spiro atoms. The molecule has 0 heterocycles. The topological polar surface area (TPSA) is 71.1 Å². The summed E-state index contributed by atoms with van der Waals surface area (Å²) in [6.45, 7) is 7.61. The molecule has 9 heteroatoms. The van der Waals surface area contributed by atoms with Crippen LogP contribution in [0.1, 0.15) is 33.3 Å². The molecule has 0 radical (unpaired) electrons. The average molecular weight is 504 g/mol. The molecular formula is C16H27IO6P2. The maximum atomic E-state index is 13.4. The third-order valence-electron chi connectivity index (χ3n) is 3.27. The third-order valence-corrected chi connectivity index (χ3v) is 9.94. The highest BCUT2D eigenvalue weighted by atomic mass is 127. The Morgan fingerprint density at radius 2 is 1.32 bits per heavy atom. The van der Waals surface area contributed by atoms with Crippen molar-refractivity contribution < 1.29 is 27.2 Å². The van der Waals surface area contributed by atoms with Crippen molar-refractivity contribution in [2.24, 2.45) is 0 Å². The van der Waals surface area contributed by atoms with E-state index in [1.54, 1.807) is 27.7 Å². The molecule has 0 aliphatic rings. The van der Waals surface area contributed by atoms with Gasteiger partial charge in [-0.15, -0.1) is 0 Å². The minimum absolute atomic E-state index is 0.179. The van der Waals surface area contributed by atoms with Gasteiger partial charge in [-0.2, -0.15) is 0 Å². The van der Waals surface area contributed by atoms with Crippen LogP contribution in [0.15, 0.2) is 24.3 Å². The van der Waals surface area contributed by atoms with Gasteiger partial charge in [0.25, 0.3) is 0 Å². The molecule has 0 N–H and O–H groups in total. The van der Waals surface area contributed by atoms with Crippen molar-refractivity contribution in [3.05, 3.63) is 33.4 Å². The summed E-state index contributed by atoms with van der Waals surface area (Å²) in [4.78, 5) is 0. The molecule has 6 nitrogen and oxygen atoms in total. The number of hydrogen-bond acceptors (Lipinski definition) is 6. The monoisotopic (exact) mass is 504 g/mol. The van der Waals surface area contributed by atoms with Gasteiger partial charge in [-0.3, -0.25) is 9.13 Å². The lowest BCUT2D eigenvalue weighted by Gasteiger charge is -2.31. The van der Waals surface area contributed by atoms with E-state index in [-0.39, 0.29) is 32.8 Å². The summed E-state index contributed by atoms with van der Waals surface area (Å²) in [7, 11) is -7.41. The van der Waals surface area contributed by atoms with Crippen LogP contribution in [0.25, 0.3) is 0 Å². The minimum Gasteiger partial charge on any atom is -0.308 e. The maximum absolute atomic E-state index is 13.4. The Balaban J connectivity index is 3.37. The average Bonchev–Trinajstić information content (AvgIpc) is 2.53. The molecule has 0 fully saturated rings. The maximum Gasteiger partial charge on any atom is 0.346 e. The molecule has 1 rings (SSSR count). The van der Waals surface area contributed by atoms with Crippen molar-refractivity contribution in [2.75, 3.05) is 26.4 Å². The summed E-state index contributed by atoms with van der Waals surface area (Å²) in [5, 5.41) is -1.02. The second-order valence-corrected chi connectivity index (χ2v) is 11.2. The fraction of sp³-hybridized carbons (Fsp3) is 0.625. The summed E-state index contributed by atoms with van der Waals surface area (Å²) in [5.74, 6) is 0. The van der Waals surface area contributed by atoms with E-state index < -0.39 is 20.6 Å². The van der Waals surface area contributed by atoms with Crippen molar-refractivity contribution in [3.63, 3.8) is 0 Å². The van der Waals surface area contributed by atoms with E-state index >= 15 is 0 Å². The Morgan fingerprint density at radius 3 is 1.68 bits per heavy atom. The van der Waals surface area contributed by atoms with Gasteiger partial charge >= 0.3 is 15.2 Å². The van der Waals surface area contributed by atoms with Gasteiger partial charge in [-0.1, -0.05) is 12.1 Å². The molecule has 0 aliphatic heterocycles. The van der Waals surface area contributed by atoms with Gasteiger partial charge < -0.3 is 18.1 Å². The minimum atomic E-state index is -3.71. The first kappa shape index (κ1) is 23.3. The van der Waals surface area contributed by atoms with Gasteiger partial charge in [0.1, 0.15) is 0 Å². The van der Waals surface area contributed by atoms with Gasteiger partial charge in [-0.05, 0) is 74.4 Å². The summed E-state index contributed by atoms with van der Waals surface area (Å²) in [5.41, 5.74) is 0.871. The molecular weight excluding hydrogens is 477 g/mol. The number of rotatable bonds is 12. The zero-order valence-corrected chi connectivity index (χ0v) is 19.1. The summed E-state index contributed by atoms with van der Waals surface area (Å²) < 4.78 is 49.8. The highest BCUT2D eigenvalue weighted by molar-refractivity contribution is 14.1. The van der Waals surface area contributed by atoms with E-state index in [1.165, 1.54) is 0 Å². The first-order chi connectivity index (χ1) is 11.8. The lowest BCUT2D eigenvalue weighted by molar-refractivity contribution is 0.195. The van der Waals surface area contributed by atoms with Gasteiger partial charge in [0, 0.05) is 3.57 Å². The van der Waals surface area contributed by atoms with Crippen LogP contribution in [0, 0.1) is 3.57 Å². The van der Waals surface area contributed by atoms with Crippen molar-refractivity contribution in [3.8, 4) is 0 Å². The largest absolute Gasteiger partial charge is 0.346 e. The second-order valence-electron chi connectivity index (χ2n) is 5.07. The molecule has 0 aliphatic carbocycles. The van der Waals surface area contributed by atoms with Crippen molar-refractivity contribution in [1.82, 2.24) is 0 Å². The van der Waals surface area contributed by atoms with Crippen molar-refractivity contribution in [1.29, 1.82) is 0 Å². The molecule has 0 saturated heterocycles. The fourth-order valence-corrected chi connectivity index (χ4v) is 8.35. The molecule has 25 heavy (non-hydrogen) atoms. The van der Waals surface area contributed by atoms with Crippen LogP contribution in [0.4, 0.5) is 0 Å². The summed E-state index contributed by atoms with van der Waals surface area (Å²) >= 11 is 2.20. The Bertz CT molecular complexity index is 574. The molecule has 144 valence electrons. The number of hydrogen-bond donors (Lipinski definition) is 0. The lowest BCUT2D eigenvalue weighted by Crippen LogP contribution is -2.20. The highest BCUT2D eigenvalue weighted by Gasteiger charge is 2.50. The number of benzene rings is 1. The molecule has 0 aromatic heterocycles. The smallest absolute Gasteiger partial charge is 0.308 e. The first-order valence-electron chi connectivity index (χ1n) is 8.37. The van der Waals surface area contributed by atoms with Crippen LogP contribution in [-0.2, 0) is 33.6 Å². The Labute approximate surface area is 164 Å². The van der Waals surface area contributed by atoms with Gasteiger partial charge in [0.2, 0.25) is 0 Å². The molecule has 1 aromatic rings. The van der Waals surface area contributed by atoms with E-state index in [9.17, 15) is 9.13 Å². The predicted molar refractivity (Wildman–Crippen MR) is 108 cm³/mol. The SMILES string of the molecule is CCOP(=O)(OCC)C(Cc1cccc(I)c1)P(=O)(OCC)OCC. The molecule has 0 atom stereocenters. The summed E-state index contributed by atoms with van der Waals surface area (Å²) in [6.07, 6.45) is 0.214. The Kier molecular flexibility index (Phi) is 10.4. The van der Waals surface area contributed by atoms with E-state index in [0.29, 0.717) is 0 Å². The molecule has 1 aromatic carbocycles. The third kappa shape index (κ3) is 6.73. The van der Waals surface area contributed by atoms with Crippen LogP contribution in [0.3, 0.4) is 0 Å². The van der Waals surface area contributed by atoms with Crippen molar-refractivity contribution in [2.45, 2.75) is 39.5 Å². The summed E-state index contributed by atoms with van der Waals surface area (Å²) in [6, 6.07) is 7.68. The Hall–Kier alpha value is 0.250. The molecule has 0 unspecified atom stereocenters. The van der Waals surface area contributed by atoms with Crippen LogP contribution < -0.4 is 0 Å². The van der Waals surface area contributed by atoms with Crippen LogP contribution in [0.2, 0.25) is 0 Å². The lowest BCUT2D eigenvalue weighted by atomic mass is 10.2. The first-order valence-corrected chi connectivity index (χ1v) is 12.7. The highest BCUT2D eigenvalue weighted by Crippen LogP contribution is 2.71. The molecule has 0 saturated carbocycles. The zero-order chi connectivity index (χ0) is 18.9. The standard InChI is InChI=1S/C16H27IO6P2/c1-5-20-24(18,21-6-2)16(25(19,22-7-3)23-8-4)13-14-10-9-11-15(17)12-14/h9-12,16H,5-8,13H2,1-4H3.